The number of hydrogen-bond donors (Lipinski definition) is 0. The lowest BCUT2D eigenvalue weighted by atomic mass is 10.0. The largest absolute Gasteiger partial charge is 0.416 e. The average molecular weight is 360 g/mol. The van der Waals surface area contributed by atoms with Gasteiger partial charge in [0, 0.05) is 6.42 Å². The van der Waals surface area contributed by atoms with Crippen molar-refractivity contribution in [3.8, 4) is 0 Å². The third-order valence-electron chi connectivity index (χ3n) is 4.64. The topological polar surface area (TPSA) is 26.3 Å². The van der Waals surface area contributed by atoms with Crippen LogP contribution in [-0.2, 0) is 21.8 Å². The fourth-order valence-corrected chi connectivity index (χ4v) is 3.56. The molecule has 2 nitrogen and oxygen atoms in total. The normalized spacial score (nSPS) is 14.5. The third kappa shape index (κ3) is 6.05. The van der Waals surface area contributed by atoms with Gasteiger partial charge in [-0.3, -0.25) is 0 Å². The highest BCUT2D eigenvalue weighted by molar-refractivity contribution is 6.74. The summed E-state index contributed by atoms with van der Waals surface area (Å²) in [6, 6.07) is 5.34. The second kappa shape index (κ2) is 7.83. The number of carbonyl (C=O) groups excluding carboxylic acids is 1. The summed E-state index contributed by atoms with van der Waals surface area (Å²) in [5.41, 5.74) is -0.0307. The minimum Gasteiger partial charge on any atom is -0.413 e. The number of benzene rings is 1. The molecule has 0 radical (unpaired) electrons. The maximum atomic E-state index is 12.8. The molecule has 136 valence electrons. The predicted octanol–water partition coefficient (Wildman–Crippen LogP) is 5.62. The standard InChI is InChI=1S/C18H27F3O2Si/c1-17(2,3)24(4,5)23-16(11-12-22)10-9-14-7-6-8-15(13-14)18(19,20)21/h6-8,12-13,16H,9-11H2,1-5H3/t16-/m0/s1. The SMILES string of the molecule is CC(C)(C)[Si](C)(C)O[C@H](CC=O)CCc1cccc(C(F)(F)F)c1. The Bertz CT molecular complexity index is 548. The van der Waals surface area contributed by atoms with Crippen LogP contribution < -0.4 is 0 Å². The van der Waals surface area contributed by atoms with E-state index in [9.17, 15) is 18.0 Å². The maximum Gasteiger partial charge on any atom is 0.416 e. The lowest BCUT2D eigenvalue weighted by Crippen LogP contribution is -2.44. The summed E-state index contributed by atoms with van der Waals surface area (Å²) in [5, 5.41) is 0.0182. The van der Waals surface area contributed by atoms with Crippen molar-refractivity contribution in [2.45, 2.75) is 70.4 Å². The van der Waals surface area contributed by atoms with Crippen molar-refractivity contribution in [3.05, 3.63) is 35.4 Å². The Kier molecular flexibility index (Phi) is 6.81. The van der Waals surface area contributed by atoms with Crippen molar-refractivity contribution in [2.24, 2.45) is 0 Å². The number of aryl methyl sites for hydroxylation is 1. The van der Waals surface area contributed by atoms with E-state index >= 15 is 0 Å². The van der Waals surface area contributed by atoms with Crippen LogP contribution in [0.5, 0.6) is 0 Å². The monoisotopic (exact) mass is 360 g/mol. The number of rotatable bonds is 7. The van der Waals surface area contributed by atoms with Crippen molar-refractivity contribution in [2.75, 3.05) is 0 Å². The number of carbonyl (C=O) groups is 1. The van der Waals surface area contributed by atoms with Crippen molar-refractivity contribution < 1.29 is 22.4 Å². The number of alkyl halides is 3. The quantitative estimate of drug-likeness (QED) is 0.466. The fraction of sp³-hybridized carbons (Fsp3) is 0.611. The van der Waals surface area contributed by atoms with Gasteiger partial charge in [-0.05, 0) is 42.6 Å². The maximum absolute atomic E-state index is 12.8. The Morgan fingerprint density at radius 3 is 2.33 bits per heavy atom. The van der Waals surface area contributed by atoms with Gasteiger partial charge in [-0.15, -0.1) is 0 Å². The molecule has 1 aromatic carbocycles. The first kappa shape index (κ1) is 20.9. The van der Waals surface area contributed by atoms with E-state index in [2.05, 4.69) is 33.9 Å². The van der Waals surface area contributed by atoms with E-state index < -0.39 is 20.1 Å². The number of hydrogen-bond acceptors (Lipinski definition) is 2. The van der Waals surface area contributed by atoms with Crippen molar-refractivity contribution in [1.29, 1.82) is 0 Å². The summed E-state index contributed by atoms with van der Waals surface area (Å²) in [6.07, 6.45) is -2.51. The van der Waals surface area contributed by atoms with Gasteiger partial charge in [0.2, 0.25) is 0 Å². The van der Waals surface area contributed by atoms with Gasteiger partial charge in [0.15, 0.2) is 8.32 Å². The Morgan fingerprint density at radius 1 is 1.21 bits per heavy atom. The second-order valence-electron chi connectivity index (χ2n) is 7.64. The van der Waals surface area contributed by atoms with Gasteiger partial charge in [0.1, 0.15) is 6.29 Å². The summed E-state index contributed by atoms with van der Waals surface area (Å²) < 4.78 is 44.6. The molecule has 0 amide bonds. The average Bonchev–Trinajstić information content (AvgIpc) is 2.43. The first-order chi connectivity index (χ1) is 10.9. The van der Waals surface area contributed by atoms with Crippen LogP contribution in [0.3, 0.4) is 0 Å². The van der Waals surface area contributed by atoms with Crippen molar-refractivity contribution in [1.82, 2.24) is 0 Å². The molecule has 6 heteroatoms. The van der Waals surface area contributed by atoms with Crippen LogP contribution in [0.25, 0.3) is 0 Å². The van der Waals surface area contributed by atoms with Crippen molar-refractivity contribution in [3.63, 3.8) is 0 Å². The van der Waals surface area contributed by atoms with Crippen LogP contribution in [0.15, 0.2) is 24.3 Å². The van der Waals surface area contributed by atoms with Gasteiger partial charge >= 0.3 is 6.18 Å². The summed E-state index contributed by atoms with van der Waals surface area (Å²) in [7, 11) is -2.02. The molecule has 24 heavy (non-hydrogen) atoms. The minimum absolute atomic E-state index is 0.0182. The van der Waals surface area contributed by atoms with E-state index in [4.69, 9.17) is 4.43 Å². The summed E-state index contributed by atoms with van der Waals surface area (Å²) in [6.45, 7) is 10.6. The summed E-state index contributed by atoms with van der Waals surface area (Å²) in [5.74, 6) is 0. The Balaban J connectivity index is 2.79. The summed E-state index contributed by atoms with van der Waals surface area (Å²) in [4.78, 5) is 10.9. The Morgan fingerprint density at radius 2 is 1.83 bits per heavy atom. The van der Waals surface area contributed by atoms with Gasteiger partial charge in [0.05, 0.1) is 11.7 Å². The van der Waals surface area contributed by atoms with Gasteiger partial charge in [-0.1, -0.05) is 39.0 Å². The highest BCUT2D eigenvalue weighted by atomic mass is 28.4. The van der Waals surface area contributed by atoms with Crippen LogP contribution in [0, 0.1) is 0 Å². The van der Waals surface area contributed by atoms with Crippen molar-refractivity contribution >= 4 is 14.6 Å². The lowest BCUT2D eigenvalue weighted by Gasteiger charge is -2.39. The fourth-order valence-electron chi connectivity index (χ4n) is 2.16. The zero-order valence-corrected chi connectivity index (χ0v) is 16.0. The Labute approximate surface area is 143 Å². The zero-order valence-electron chi connectivity index (χ0n) is 15.0. The molecule has 0 aliphatic rings. The molecule has 0 fully saturated rings. The van der Waals surface area contributed by atoms with E-state index in [-0.39, 0.29) is 17.6 Å². The molecule has 0 N–H and O–H groups in total. The van der Waals surface area contributed by atoms with Gasteiger partial charge in [-0.2, -0.15) is 13.2 Å². The van der Waals surface area contributed by atoms with E-state index in [1.165, 1.54) is 12.1 Å². The molecule has 0 saturated heterocycles. The van der Waals surface area contributed by atoms with Crippen LogP contribution in [-0.4, -0.2) is 20.7 Å². The van der Waals surface area contributed by atoms with E-state index in [1.54, 1.807) is 6.07 Å². The van der Waals surface area contributed by atoms with E-state index in [0.717, 1.165) is 12.4 Å². The van der Waals surface area contributed by atoms with Gasteiger partial charge < -0.3 is 9.22 Å². The molecule has 1 atom stereocenters. The van der Waals surface area contributed by atoms with Crippen LogP contribution in [0.2, 0.25) is 18.1 Å². The molecule has 0 unspecified atom stereocenters. The van der Waals surface area contributed by atoms with E-state index in [0.29, 0.717) is 18.4 Å². The van der Waals surface area contributed by atoms with Crippen LogP contribution in [0.1, 0.15) is 44.7 Å². The first-order valence-electron chi connectivity index (χ1n) is 8.14. The number of aldehydes is 1. The van der Waals surface area contributed by atoms with Gasteiger partial charge in [0.25, 0.3) is 0 Å². The van der Waals surface area contributed by atoms with E-state index in [1.807, 2.05) is 0 Å². The molecule has 0 aliphatic carbocycles. The Hall–Kier alpha value is -1.14. The molecular weight excluding hydrogens is 333 g/mol. The van der Waals surface area contributed by atoms with Crippen LogP contribution in [0.4, 0.5) is 13.2 Å². The highest BCUT2D eigenvalue weighted by Gasteiger charge is 2.39. The molecule has 0 aromatic heterocycles. The predicted molar refractivity (Wildman–Crippen MR) is 92.5 cm³/mol. The van der Waals surface area contributed by atoms with Crippen LogP contribution >= 0.6 is 0 Å². The molecular formula is C18H27F3O2Si. The smallest absolute Gasteiger partial charge is 0.413 e. The second-order valence-corrected chi connectivity index (χ2v) is 12.4. The molecule has 0 saturated carbocycles. The van der Waals surface area contributed by atoms with Gasteiger partial charge in [-0.25, -0.2) is 0 Å². The molecule has 1 aromatic rings. The number of halogens is 3. The third-order valence-corrected chi connectivity index (χ3v) is 9.17. The molecule has 1 rings (SSSR count). The summed E-state index contributed by atoms with van der Waals surface area (Å²) >= 11 is 0. The minimum atomic E-state index is -4.34. The molecule has 0 aliphatic heterocycles. The lowest BCUT2D eigenvalue weighted by molar-refractivity contribution is -0.137. The highest BCUT2D eigenvalue weighted by Crippen LogP contribution is 2.38. The zero-order chi connectivity index (χ0) is 18.6. The molecule has 0 bridgehead atoms. The first-order valence-corrected chi connectivity index (χ1v) is 11.1. The molecule has 0 spiro atoms. The molecule has 0 heterocycles.